The fraction of sp³-hybridized carbons (Fsp3) is 1.00. The van der Waals surface area contributed by atoms with Crippen molar-refractivity contribution in [2.75, 3.05) is 0 Å². The minimum atomic E-state index is 0.588. The highest BCUT2D eigenvalue weighted by atomic mass is 14.4. The highest BCUT2D eigenvalue weighted by molar-refractivity contribution is 4.81. The summed E-state index contributed by atoms with van der Waals surface area (Å²) in [5.74, 6) is 2.72. The molecule has 1 fully saturated rings. The Hall–Kier alpha value is 0. The lowest BCUT2D eigenvalue weighted by molar-refractivity contribution is 0.130. The molecule has 0 N–H and O–H groups in total. The summed E-state index contributed by atoms with van der Waals surface area (Å²) in [6, 6.07) is 0. The van der Waals surface area contributed by atoms with Crippen molar-refractivity contribution in [2.24, 2.45) is 23.2 Å². The van der Waals surface area contributed by atoms with Gasteiger partial charge in [0, 0.05) is 0 Å². The summed E-state index contributed by atoms with van der Waals surface area (Å²) < 4.78 is 0. The molecule has 16 heavy (non-hydrogen) atoms. The first-order valence-electron chi connectivity index (χ1n) is 7.44. The normalized spacial score (nSPS) is 38.6. The molecule has 3 atom stereocenters. The van der Waals surface area contributed by atoms with Crippen molar-refractivity contribution in [1.82, 2.24) is 0 Å². The van der Waals surface area contributed by atoms with Crippen LogP contribution >= 0.6 is 0 Å². The summed E-state index contributed by atoms with van der Waals surface area (Å²) >= 11 is 0. The maximum atomic E-state index is 2.53. The maximum Gasteiger partial charge on any atom is -0.0300 e. The van der Waals surface area contributed by atoms with Gasteiger partial charge in [-0.2, -0.15) is 0 Å². The molecule has 0 heterocycles. The molecule has 0 amide bonds. The molecule has 0 aliphatic heterocycles. The topological polar surface area (TPSA) is 0 Å². The maximum absolute atomic E-state index is 2.53. The first-order chi connectivity index (χ1) is 7.44. The van der Waals surface area contributed by atoms with Crippen molar-refractivity contribution in [2.45, 2.75) is 79.6 Å². The van der Waals surface area contributed by atoms with Crippen molar-refractivity contribution in [1.29, 1.82) is 0 Å². The van der Waals surface area contributed by atoms with Gasteiger partial charge >= 0.3 is 0 Å². The molecule has 96 valence electrons. The average Bonchev–Trinajstić information content (AvgIpc) is 2.20. The van der Waals surface area contributed by atoms with Gasteiger partial charge in [0.15, 0.2) is 0 Å². The molecular formula is C16H32. The van der Waals surface area contributed by atoms with E-state index in [0.717, 1.165) is 17.8 Å². The van der Waals surface area contributed by atoms with Crippen LogP contribution in [-0.2, 0) is 0 Å². The van der Waals surface area contributed by atoms with Crippen LogP contribution < -0.4 is 0 Å². The van der Waals surface area contributed by atoms with Crippen LogP contribution in [0, 0.1) is 23.2 Å². The molecule has 0 bridgehead atoms. The lowest BCUT2D eigenvalue weighted by atomic mass is 9.68. The van der Waals surface area contributed by atoms with Crippen molar-refractivity contribution in [3.05, 3.63) is 0 Å². The van der Waals surface area contributed by atoms with Gasteiger partial charge in [-0.3, -0.25) is 0 Å². The van der Waals surface area contributed by atoms with Crippen LogP contribution in [0.2, 0.25) is 0 Å². The van der Waals surface area contributed by atoms with E-state index in [1.807, 2.05) is 0 Å². The molecule has 1 aliphatic carbocycles. The monoisotopic (exact) mass is 224 g/mol. The van der Waals surface area contributed by atoms with Crippen LogP contribution in [0.25, 0.3) is 0 Å². The third-order valence-electron chi connectivity index (χ3n) is 5.06. The Morgan fingerprint density at radius 1 is 0.938 bits per heavy atom. The Morgan fingerprint density at radius 2 is 1.50 bits per heavy atom. The summed E-state index contributed by atoms with van der Waals surface area (Å²) in [6.45, 7) is 12.3. The zero-order valence-electron chi connectivity index (χ0n) is 12.2. The first-order valence-corrected chi connectivity index (χ1v) is 7.44. The van der Waals surface area contributed by atoms with Crippen LogP contribution in [0.4, 0.5) is 0 Å². The zero-order valence-corrected chi connectivity index (χ0v) is 12.2. The third kappa shape index (κ3) is 4.11. The molecule has 1 aliphatic rings. The summed E-state index contributed by atoms with van der Waals surface area (Å²) in [6.07, 6.45) is 10.2. The molecule has 0 saturated heterocycles. The first kappa shape index (κ1) is 14.1. The smallest absolute Gasteiger partial charge is 0.0300 e. The Balaban J connectivity index is 2.65. The van der Waals surface area contributed by atoms with Crippen molar-refractivity contribution >= 4 is 0 Å². The highest BCUT2D eigenvalue weighted by Gasteiger charge is 2.30. The van der Waals surface area contributed by atoms with E-state index in [1.165, 1.54) is 44.9 Å². The molecule has 0 aromatic heterocycles. The van der Waals surface area contributed by atoms with Gasteiger partial charge in [0.25, 0.3) is 0 Å². The minimum absolute atomic E-state index is 0.588. The summed E-state index contributed by atoms with van der Waals surface area (Å²) in [5, 5.41) is 0. The standard InChI is InChI=1S/C16H32/c1-13(2)16(5)11-10-14(3)8-6-7-9-15(4)12-16/h13-15H,6-12H2,1-5H3. The van der Waals surface area contributed by atoms with Crippen molar-refractivity contribution in [3.63, 3.8) is 0 Å². The fourth-order valence-corrected chi connectivity index (χ4v) is 3.23. The molecule has 0 aromatic rings. The van der Waals surface area contributed by atoms with E-state index in [-0.39, 0.29) is 0 Å². The van der Waals surface area contributed by atoms with Crippen LogP contribution in [0.1, 0.15) is 79.6 Å². The van der Waals surface area contributed by atoms with Gasteiger partial charge in [0.2, 0.25) is 0 Å². The molecule has 3 unspecified atom stereocenters. The van der Waals surface area contributed by atoms with Gasteiger partial charge in [-0.25, -0.2) is 0 Å². The van der Waals surface area contributed by atoms with Crippen molar-refractivity contribution < 1.29 is 0 Å². The summed E-state index contributed by atoms with van der Waals surface area (Å²) in [5.41, 5.74) is 0.588. The second-order valence-corrected chi connectivity index (χ2v) is 7.05. The lowest BCUT2D eigenvalue weighted by Gasteiger charge is -2.38. The SMILES string of the molecule is CC1CCCCC(C)CC(C)(C(C)C)CC1. The van der Waals surface area contributed by atoms with Gasteiger partial charge in [0.1, 0.15) is 0 Å². The minimum Gasteiger partial charge on any atom is -0.0625 e. The Morgan fingerprint density at radius 3 is 2.06 bits per heavy atom. The molecule has 1 rings (SSSR count). The van der Waals surface area contributed by atoms with Gasteiger partial charge in [0.05, 0.1) is 0 Å². The Kier molecular flexibility index (Phi) is 5.34. The van der Waals surface area contributed by atoms with E-state index >= 15 is 0 Å². The van der Waals surface area contributed by atoms with E-state index in [9.17, 15) is 0 Å². The second kappa shape index (κ2) is 6.07. The van der Waals surface area contributed by atoms with Gasteiger partial charge < -0.3 is 0 Å². The highest BCUT2D eigenvalue weighted by Crippen LogP contribution is 2.41. The van der Waals surface area contributed by atoms with E-state index in [1.54, 1.807) is 0 Å². The third-order valence-corrected chi connectivity index (χ3v) is 5.06. The average molecular weight is 224 g/mol. The molecular weight excluding hydrogens is 192 g/mol. The van der Waals surface area contributed by atoms with Crippen LogP contribution in [-0.4, -0.2) is 0 Å². The molecule has 1 saturated carbocycles. The Bertz CT molecular complexity index is 194. The van der Waals surface area contributed by atoms with E-state index in [4.69, 9.17) is 0 Å². The van der Waals surface area contributed by atoms with Gasteiger partial charge in [-0.05, 0) is 36.0 Å². The van der Waals surface area contributed by atoms with E-state index < -0.39 is 0 Å². The molecule has 0 radical (unpaired) electrons. The predicted molar refractivity (Wildman–Crippen MR) is 73.6 cm³/mol. The zero-order chi connectivity index (χ0) is 12.2. The second-order valence-electron chi connectivity index (χ2n) is 7.05. The van der Waals surface area contributed by atoms with E-state index in [0.29, 0.717) is 5.41 Å². The molecule has 0 nitrogen and oxygen atoms in total. The van der Waals surface area contributed by atoms with Crippen LogP contribution in [0.3, 0.4) is 0 Å². The van der Waals surface area contributed by atoms with Gasteiger partial charge in [-0.15, -0.1) is 0 Å². The largest absolute Gasteiger partial charge is 0.0625 e. The number of hydrogen-bond acceptors (Lipinski definition) is 0. The number of rotatable bonds is 1. The predicted octanol–water partition coefficient (Wildman–Crippen LogP) is 5.67. The lowest BCUT2D eigenvalue weighted by Crippen LogP contribution is -2.27. The fourth-order valence-electron chi connectivity index (χ4n) is 3.23. The number of hydrogen-bond donors (Lipinski definition) is 0. The molecule has 0 aromatic carbocycles. The Labute approximate surface area is 103 Å². The summed E-state index contributed by atoms with van der Waals surface area (Å²) in [4.78, 5) is 0. The van der Waals surface area contributed by atoms with E-state index in [2.05, 4.69) is 34.6 Å². The summed E-state index contributed by atoms with van der Waals surface area (Å²) in [7, 11) is 0. The van der Waals surface area contributed by atoms with Gasteiger partial charge in [-0.1, -0.05) is 66.7 Å². The molecule has 0 heteroatoms. The van der Waals surface area contributed by atoms with Crippen molar-refractivity contribution in [3.8, 4) is 0 Å². The van der Waals surface area contributed by atoms with Crippen LogP contribution in [0.5, 0.6) is 0 Å². The molecule has 0 spiro atoms. The van der Waals surface area contributed by atoms with Crippen LogP contribution in [0.15, 0.2) is 0 Å². The quantitative estimate of drug-likeness (QED) is 0.538.